The Morgan fingerprint density at radius 3 is 2.29 bits per heavy atom. The van der Waals surface area contributed by atoms with Gasteiger partial charge in [-0.2, -0.15) is 18.2 Å². The number of aliphatic imine (C=N–C) groups is 1. The van der Waals surface area contributed by atoms with E-state index in [1.807, 2.05) is 12.1 Å². The Morgan fingerprint density at radius 2 is 1.67 bits per heavy atom. The summed E-state index contributed by atoms with van der Waals surface area (Å²) in [6, 6.07) is 15.1. The minimum atomic E-state index is -4.45. The Morgan fingerprint density at radius 1 is 1.00 bits per heavy atom. The van der Waals surface area contributed by atoms with Gasteiger partial charge in [0.25, 0.3) is 5.91 Å². The number of benzene rings is 3. The minimum Gasteiger partial charge on any atom is -0.480 e. The summed E-state index contributed by atoms with van der Waals surface area (Å²) in [5.74, 6) is -1.18. The Labute approximate surface area is 241 Å². The predicted octanol–water partition coefficient (Wildman–Crippen LogP) is 4.69. The molecule has 0 saturated carbocycles. The number of nitrogens with one attached hydrogen (secondary N) is 1. The lowest BCUT2D eigenvalue weighted by Crippen LogP contribution is -2.34. The topological polar surface area (TPSA) is 143 Å². The molecule has 1 atom stereocenters. The second-order valence-corrected chi connectivity index (χ2v) is 9.93. The summed E-state index contributed by atoms with van der Waals surface area (Å²) in [6.45, 7) is 1.82. The molecule has 9 nitrogen and oxygen atoms in total. The maximum atomic E-state index is 13.0. The smallest absolute Gasteiger partial charge is 0.416 e. The van der Waals surface area contributed by atoms with Gasteiger partial charge in [0.1, 0.15) is 17.5 Å². The predicted molar refractivity (Wildman–Crippen MR) is 153 cm³/mol. The Hall–Kier alpha value is -4.58. The van der Waals surface area contributed by atoms with Crippen LogP contribution in [0.15, 0.2) is 71.7 Å². The lowest BCUT2D eigenvalue weighted by atomic mass is 10.0. The number of rotatable bonds is 9. The van der Waals surface area contributed by atoms with Gasteiger partial charge in [-0.1, -0.05) is 18.2 Å². The Kier molecular flexibility index (Phi) is 9.68. The normalized spacial score (nSPS) is 14.8. The van der Waals surface area contributed by atoms with E-state index in [4.69, 9.17) is 21.3 Å². The molecule has 0 bridgehead atoms. The monoisotopic (exact) mass is 583 g/mol. The van der Waals surface area contributed by atoms with Crippen molar-refractivity contribution in [3.8, 4) is 11.5 Å². The van der Waals surface area contributed by atoms with Crippen LogP contribution in [0.1, 0.15) is 46.3 Å². The number of carboxylic acid groups (broad SMARTS) is 1. The first-order valence-corrected chi connectivity index (χ1v) is 13.4. The molecule has 1 heterocycles. The zero-order valence-corrected chi connectivity index (χ0v) is 22.7. The second-order valence-electron chi connectivity index (χ2n) is 9.93. The highest BCUT2D eigenvalue weighted by Gasteiger charge is 2.30. The summed E-state index contributed by atoms with van der Waals surface area (Å²) in [7, 11) is 0. The van der Waals surface area contributed by atoms with E-state index in [1.54, 1.807) is 18.2 Å². The number of halogens is 3. The van der Waals surface area contributed by atoms with Crippen LogP contribution in [0.4, 0.5) is 18.9 Å². The van der Waals surface area contributed by atoms with Crippen molar-refractivity contribution in [3.05, 3.63) is 89.0 Å². The third-order valence-corrected chi connectivity index (χ3v) is 6.86. The summed E-state index contributed by atoms with van der Waals surface area (Å²) in [6.07, 6.45) is -1.16. The highest BCUT2D eigenvalue weighted by atomic mass is 19.4. The summed E-state index contributed by atoms with van der Waals surface area (Å²) in [5.41, 5.74) is 13.4. The van der Waals surface area contributed by atoms with Gasteiger partial charge < -0.3 is 31.5 Å². The highest BCUT2D eigenvalue weighted by molar-refractivity contribution is 6.02. The molecule has 3 aromatic rings. The van der Waals surface area contributed by atoms with Gasteiger partial charge in [-0.05, 0) is 79.8 Å². The SMILES string of the molecule is N/C(=N\C(=O)c1ccc(C[C@H](N)C(=O)O)cc1)NCc1c(Oc2ccc(C(F)(F)F)cc2)cccc1N1CCCCC1. The van der Waals surface area contributed by atoms with E-state index in [2.05, 4.69) is 15.2 Å². The van der Waals surface area contributed by atoms with Crippen LogP contribution in [0, 0.1) is 0 Å². The first-order chi connectivity index (χ1) is 20.0. The molecule has 1 saturated heterocycles. The molecule has 1 aliphatic rings. The number of alkyl halides is 3. The van der Waals surface area contributed by atoms with Crippen molar-refractivity contribution in [2.75, 3.05) is 18.0 Å². The molecular weight excluding hydrogens is 551 g/mol. The van der Waals surface area contributed by atoms with Crippen molar-refractivity contribution < 1.29 is 32.6 Å². The van der Waals surface area contributed by atoms with Gasteiger partial charge in [0.15, 0.2) is 5.96 Å². The van der Waals surface area contributed by atoms with E-state index in [-0.39, 0.29) is 30.2 Å². The number of amides is 1. The molecule has 6 N–H and O–H groups in total. The van der Waals surface area contributed by atoms with Crippen molar-refractivity contribution in [3.63, 3.8) is 0 Å². The van der Waals surface area contributed by atoms with Crippen LogP contribution >= 0.6 is 0 Å². The molecule has 1 amide bonds. The van der Waals surface area contributed by atoms with E-state index in [1.165, 1.54) is 24.3 Å². The molecule has 0 aromatic heterocycles. The van der Waals surface area contributed by atoms with Gasteiger partial charge in [0.05, 0.1) is 5.56 Å². The van der Waals surface area contributed by atoms with E-state index >= 15 is 0 Å². The van der Waals surface area contributed by atoms with Crippen LogP contribution in [0.5, 0.6) is 11.5 Å². The van der Waals surface area contributed by atoms with Gasteiger partial charge in [0, 0.05) is 36.4 Å². The molecule has 4 rings (SSSR count). The molecule has 0 spiro atoms. The maximum absolute atomic E-state index is 13.0. The van der Waals surface area contributed by atoms with Gasteiger partial charge in [0.2, 0.25) is 0 Å². The van der Waals surface area contributed by atoms with Gasteiger partial charge in [-0.15, -0.1) is 0 Å². The molecule has 0 aliphatic carbocycles. The van der Waals surface area contributed by atoms with Crippen LogP contribution in [0.2, 0.25) is 0 Å². The van der Waals surface area contributed by atoms with Gasteiger partial charge in [-0.25, -0.2) is 0 Å². The number of nitrogens with zero attached hydrogens (tertiary/aromatic N) is 2. The average Bonchev–Trinajstić information content (AvgIpc) is 2.97. The van der Waals surface area contributed by atoms with Gasteiger partial charge in [-0.3, -0.25) is 9.59 Å². The fourth-order valence-electron chi connectivity index (χ4n) is 4.61. The van der Waals surface area contributed by atoms with E-state index in [0.29, 0.717) is 16.9 Å². The van der Waals surface area contributed by atoms with E-state index in [0.717, 1.165) is 50.2 Å². The summed E-state index contributed by atoms with van der Waals surface area (Å²) >= 11 is 0. The van der Waals surface area contributed by atoms with Crippen molar-refractivity contribution >= 4 is 23.5 Å². The Balaban J connectivity index is 1.51. The molecule has 1 fully saturated rings. The van der Waals surface area contributed by atoms with Crippen LogP contribution in [-0.4, -0.2) is 42.1 Å². The Bertz CT molecular complexity index is 1420. The third-order valence-electron chi connectivity index (χ3n) is 6.86. The molecule has 12 heteroatoms. The number of hydrogen-bond acceptors (Lipinski definition) is 5. The van der Waals surface area contributed by atoms with Crippen LogP contribution in [0.25, 0.3) is 0 Å². The number of hydrogen-bond donors (Lipinski definition) is 4. The molecular formula is C30H32F3N5O4. The number of nitrogens with two attached hydrogens (primary N) is 2. The van der Waals surface area contributed by atoms with E-state index in [9.17, 15) is 22.8 Å². The van der Waals surface area contributed by atoms with Crippen molar-refractivity contribution in [2.45, 2.75) is 44.4 Å². The number of aliphatic carboxylic acids is 1. The summed E-state index contributed by atoms with van der Waals surface area (Å²) < 4.78 is 45.0. The van der Waals surface area contributed by atoms with Crippen LogP contribution in [-0.2, 0) is 23.9 Å². The number of ether oxygens (including phenoxy) is 1. The molecule has 0 radical (unpaired) electrons. The second kappa shape index (κ2) is 13.4. The largest absolute Gasteiger partial charge is 0.480 e. The minimum absolute atomic E-state index is 0.115. The average molecular weight is 584 g/mol. The molecule has 0 unspecified atom stereocenters. The van der Waals surface area contributed by atoms with Crippen molar-refractivity contribution in [2.24, 2.45) is 16.5 Å². The first-order valence-electron chi connectivity index (χ1n) is 13.4. The number of anilines is 1. The summed E-state index contributed by atoms with van der Waals surface area (Å²) in [4.78, 5) is 29.8. The quantitative estimate of drug-likeness (QED) is 0.210. The zero-order chi connectivity index (χ0) is 30.3. The number of guanidine groups is 1. The van der Waals surface area contributed by atoms with Crippen molar-refractivity contribution in [1.29, 1.82) is 0 Å². The molecule has 222 valence electrons. The number of carboxylic acids is 1. The fraction of sp³-hybridized carbons (Fsp3) is 0.300. The van der Waals surface area contributed by atoms with E-state index < -0.39 is 29.7 Å². The third kappa shape index (κ3) is 8.00. The standard InChI is InChI=1S/C30H32F3N5O4/c31-30(32,33)21-11-13-22(14-12-21)42-26-6-4-5-25(38-15-2-1-3-16-38)23(26)18-36-29(35)37-27(39)20-9-7-19(8-10-20)17-24(34)28(40)41/h4-14,24H,1-3,15-18,34H2,(H,40,41)(H3,35,36,37,39)/t24-/m0/s1. The number of carbonyl (C=O) groups is 2. The zero-order valence-electron chi connectivity index (χ0n) is 22.7. The first kappa shape index (κ1) is 30.4. The van der Waals surface area contributed by atoms with Crippen molar-refractivity contribution in [1.82, 2.24) is 5.32 Å². The highest BCUT2D eigenvalue weighted by Crippen LogP contribution is 2.35. The molecule has 3 aromatic carbocycles. The summed E-state index contributed by atoms with van der Waals surface area (Å²) in [5, 5.41) is 11.9. The lowest BCUT2D eigenvalue weighted by Gasteiger charge is -2.31. The number of piperidine rings is 1. The van der Waals surface area contributed by atoms with Crippen LogP contribution in [0.3, 0.4) is 0 Å². The fourth-order valence-corrected chi connectivity index (χ4v) is 4.61. The maximum Gasteiger partial charge on any atom is 0.416 e. The van der Waals surface area contributed by atoms with Crippen LogP contribution < -0.4 is 26.4 Å². The lowest BCUT2D eigenvalue weighted by molar-refractivity contribution is -0.139. The van der Waals surface area contributed by atoms with Gasteiger partial charge >= 0.3 is 12.1 Å². The molecule has 1 aliphatic heterocycles. The molecule has 42 heavy (non-hydrogen) atoms. The number of carbonyl (C=O) groups excluding carboxylic acids is 1.